The van der Waals surface area contributed by atoms with Crippen LogP contribution in [0.25, 0.3) is 5.69 Å². The van der Waals surface area contributed by atoms with Gasteiger partial charge in [0.15, 0.2) is 0 Å². The number of carbonyl (C=O) groups excluding carboxylic acids is 2. The first-order valence-electron chi connectivity index (χ1n) is 8.79. The van der Waals surface area contributed by atoms with Crippen molar-refractivity contribution in [3.05, 3.63) is 42.2 Å². The van der Waals surface area contributed by atoms with Gasteiger partial charge < -0.3 is 5.32 Å². The van der Waals surface area contributed by atoms with E-state index >= 15 is 0 Å². The quantitative estimate of drug-likeness (QED) is 0.871. The van der Waals surface area contributed by atoms with Crippen LogP contribution in [0.15, 0.2) is 36.5 Å². The molecule has 1 aromatic heterocycles. The van der Waals surface area contributed by atoms with Crippen LogP contribution in [0, 0.1) is 0 Å². The second-order valence-corrected chi connectivity index (χ2v) is 6.81. The molecule has 1 N–H and O–H groups in total. The topological polar surface area (TPSA) is 80.1 Å². The smallest absolute Gasteiger partial charge is 0.323 e. The lowest BCUT2D eigenvalue weighted by Crippen LogP contribution is -2.46. The van der Waals surface area contributed by atoms with Crippen LogP contribution >= 0.6 is 0 Å². The van der Waals surface area contributed by atoms with Crippen LogP contribution < -0.4 is 5.32 Å². The van der Waals surface area contributed by atoms with Gasteiger partial charge in [-0.3, -0.25) is 9.69 Å². The number of rotatable bonds is 3. The maximum Gasteiger partial charge on any atom is 0.325 e. The molecule has 7 nitrogen and oxygen atoms in total. The molecule has 7 heteroatoms. The molecular formula is C18H21N5O2. The fourth-order valence-corrected chi connectivity index (χ4v) is 3.73. The average Bonchev–Trinajstić information content (AvgIpc) is 3.08. The molecule has 0 unspecified atom stereocenters. The van der Waals surface area contributed by atoms with Crippen molar-refractivity contribution in [2.45, 2.75) is 50.6 Å². The predicted octanol–water partition coefficient (Wildman–Crippen LogP) is 2.41. The summed E-state index contributed by atoms with van der Waals surface area (Å²) < 4.78 is 1.65. The van der Waals surface area contributed by atoms with E-state index in [1.54, 1.807) is 10.9 Å². The molecule has 2 heterocycles. The number of para-hydroxylation sites is 1. The molecule has 1 saturated heterocycles. The number of urea groups is 1. The first-order valence-corrected chi connectivity index (χ1v) is 8.79. The van der Waals surface area contributed by atoms with Crippen molar-refractivity contribution in [1.29, 1.82) is 0 Å². The molecule has 2 aliphatic rings. The highest BCUT2D eigenvalue weighted by Gasteiger charge is 2.50. The van der Waals surface area contributed by atoms with Gasteiger partial charge in [0, 0.05) is 0 Å². The minimum atomic E-state index is -0.705. The number of imide groups is 1. The van der Waals surface area contributed by atoms with Crippen molar-refractivity contribution >= 4 is 11.9 Å². The highest BCUT2D eigenvalue weighted by Crippen LogP contribution is 2.33. The van der Waals surface area contributed by atoms with Crippen molar-refractivity contribution in [3.8, 4) is 5.69 Å². The van der Waals surface area contributed by atoms with E-state index in [2.05, 4.69) is 15.6 Å². The van der Waals surface area contributed by atoms with E-state index in [-0.39, 0.29) is 18.5 Å². The Morgan fingerprint density at radius 3 is 2.48 bits per heavy atom. The zero-order valence-electron chi connectivity index (χ0n) is 14.0. The summed E-state index contributed by atoms with van der Waals surface area (Å²) in [5.41, 5.74) is 0.778. The fourth-order valence-electron chi connectivity index (χ4n) is 3.73. The van der Waals surface area contributed by atoms with Gasteiger partial charge in [0.25, 0.3) is 5.91 Å². The molecule has 1 aromatic carbocycles. The van der Waals surface area contributed by atoms with Crippen LogP contribution in [0.5, 0.6) is 0 Å². The Morgan fingerprint density at radius 2 is 1.76 bits per heavy atom. The summed E-state index contributed by atoms with van der Waals surface area (Å²) in [4.78, 5) is 26.6. The van der Waals surface area contributed by atoms with Crippen molar-refractivity contribution in [2.75, 3.05) is 0 Å². The number of hydrogen-bond donors (Lipinski definition) is 1. The third kappa shape index (κ3) is 2.90. The largest absolute Gasteiger partial charge is 0.325 e. The Balaban J connectivity index is 1.52. The number of nitrogens with zero attached hydrogens (tertiary/aromatic N) is 4. The Labute approximate surface area is 146 Å². The molecular weight excluding hydrogens is 318 g/mol. The summed E-state index contributed by atoms with van der Waals surface area (Å²) in [6, 6.07) is 9.30. The molecule has 1 aliphatic carbocycles. The monoisotopic (exact) mass is 339 g/mol. The lowest BCUT2D eigenvalue weighted by molar-refractivity contribution is -0.132. The van der Waals surface area contributed by atoms with Crippen LogP contribution in [0.3, 0.4) is 0 Å². The van der Waals surface area contributed by atoms with E-state index in [0.29, 0.717) is 5.69 Å². The van der Waals surface area contributed by atoms with Gasteiger partial charge in [-0.05, 0) is 25.0 Å². The van der Waals surface area contributed by atoms with E-state index in [9.17, 15) is 9.59 Å². The number of carbonyl (C=O) groups is 2. The van der Waals surface area contributed by atoms with Crippen molar-refractivity contribution < 1.29 is 9.59 Å². The molecule has 1 saturated carbocycles. The van der Waals surface area contributed by atoms with Crippen molar-refractivity contribution in [2.24, 2.45) is 0 Å². The van der Waals surface area contributed by atoms with Gasteiger partial charge in [0.1, 0.15) is 11.2 Å². The molecule has 0 atom stereocenters. The van der Waals surface area contributed by atoms with Crippen LogP contribution in [-0.4, -0.2) is 37.4 Å². The van der Waals surface area contributed by atoms with Crippen LogP contribution in [0.1, 0.15) is 44.2 Å². The molecule has 0 bridgehead atoms. The number of hydrogen-bond acceptors (Lipinski definition) is 4. The Hall–Kier alpha value is -2.70. The molecule has 2 aromatic rings. The lowest BCUT2D eigenvalue weighted by atomic mass is 9.90. The number of amides is 3. The number of nitrogens with one attached hydrogen (secondary N) is 1. The zero-order valence-corrected chi connectivity index (χ0v) is 14.0. The third-order valence-electron chi connectivity index (χ3n) is 5.08. The average molecular weight is 339 g/mol. The second-order valence-electron chi connectivity index (χ2n) is 6.81. The van der Waals surface area contributed by atoms with Crippen LogP contribution in [-0.2, 0) is 11.3 Å². The molecule has 4 rings (SSSR count). The Morgan fingerprint density at radius 1 is 1.04 bits per heavy atom. The van der Waals surface area contributed by atoms with Gasteiger partial charge in [0.05, 0.1) is 18.4 Å². The molecule has 25 heavy (non-hydrogen) atoms. The van der Waals surface area contributed by atoms with Crippen molar-refractivity contribution in [1.82, 2.24) is 25.2 Å². The summed E-state index contributed by atoms with van der Waals surface area (Å²) in [5.74, 6) is -0.117. The summed E-state index contributed by atoms with van der Waals surface area (Å²) in [7, 11) is 0. The van der Waals surface area contributed by atoms with Crippen LogP contribution in [0.2, 0.25) is 0 Å². The Kier molecular flexibility index (Phi) is 3.99. The SMILES string of the molecule is O=C1NC2(CCCCCC2)C(=O)N1Cc1cn(-c2ccccc2)nn1. The Bertz CT molecular complexity index is 778. The van der Waals surface area contributed by atoms with Crippen molar-refractivity contribution in [3.63, 3.8) is 0 Å². The molecule has 0 radical (unpaired) electrons. The first-order chi connectivity index (χ1) is 12.2. The lowest BCUT2D eigenvalue weighted by Gasteiger charge is -2.24. The molecule has 1 spiro atoms. The van der Waals surface area contributed by atoms with E-state index in [1.165, 1.54) is 4.90 Å². The predicted molar refractivity (Wildman–Crippen MR) is 90.9 cm³/mol. The summed E-state index contributed by atoms with van der Waals surface area (Å²) >= 11 is 0. The highest BCUT2D eigenvalue weighted by molar-refractivity contribution is 6.06. The number of aromatic nitrogens is 3. The fraction of sp³-hybridized carbons (Fsp3) is 0.444. The van der Waals surface area contributed by atoms with E-state index in [0.717, 1.165) is 44.2 Å². The number of benzene rings is 1. The van der Waals surface area contributed by atoms with E-state index in [1.807, 2.05) is 30.3 Å². The molecule has 1 aliphatic heterocycles. The molecule has 3 amide bonds. The van der Waals surface area contributed by atoms with Gasteiger partial charge in [-0.15, -0.1) is 5.10 Å². The normalized spacial score (nSPS) is 19.9. The summed E-state index contributed by atoms with van der Waals surface area (Å²) in [6.45, 7) is 0.152. The summed E-state index contributed by atoms with van der Waals surface area (Å²) in [6.07, 6.45) is 7.41. The zero-order chi connectivity index (χ0) is 17.3. The van der Waals surface area contributed by atoms with E-state index in [4.69, 9.17) is 0 Å². The maximum atomic E-state index is 12.9. The second kappa shape index (κ2) is 6.31. The minimum absolute atomic E-state index is 0.117. The van der Waals surface area contributed by atoms with Gasteiger partial charge >= 0.3 is 6.03 Å². The first kappa shape index (κ1) is 15.8. The minimum Gasteiger partial charge on any atom is -0.323 e. The van der Waals surface area contributed by atoms with Gasteiger partial charge in [-0.1, -0.05) is 49.1 Å². The standard InChI is InChI=1S/C18H21N5O2/c24-16-18(10-6-1-2-7-11-18)19-17(25)22(16)12-14-13-23(21-20-14)15-8-4-3-5-9-15/h3-5,8-9,13H,1-2,6-7,10-12H2,(H,19,25). The van der Waals surface area contributed by atoms with Crippen LogP contribution in [0.4, 0.5) is 4.79 Å². The molecule has 2 fully saturated rings. The highest BCUT2D eigenvalue weighted by atomic mass is 16.2. The maximum absolute atomic E-state index is 12.9. The summed E-state index contributed by atoms with van der Waals surface area (Å²) in [5, 5.41) is 11.2. The van der Waals surface area contributed by atoms with Gasteiger partial charge in [-0.25, -0.2) is 9.48 Å². The van der Waals surface area contributed by atoms with E-state index < -0.39 is 5.54 Å². The third-order valence-corrected chi connectivity index (χ3v) is 5.08. The molecule has 130 valence electrons. The van der Waals surface area contributed by atoms with Gasteiger partial charge in [-0.2, -0.15) is 0 Å². The van der Waals surface area contributed by atoms with Gasteiger partial charge in [0.2, 0.25) is 0 Å².